The summed E-state index contributed by atoms with van der Waals surface area (Å²) in [5.74, 6) is 1.37. The molecule has 0 saturated carbocycles. The number of urea groups is 1. The Morgan fingerprint density at radius 2 is 2.00 bits per heavy atom. The average Bonchev–Trinajstić information content (AvgIpc) is 2.75. The summed E-state index contributed by atoms with van der Waals surface area (Å²) < 4.78 is 0. The number of carbonyl (C=O) groups excluding carboxylic acids is 1. The van der Waals surface area contributed by atoms with E-state index in [9.17, 15) is 4.79 Å². The Hall–Kier alpha value is -1.55. The Morgan fingerprint density at radius 1 is 1.25 bits per heavy atom. The number of carbonyl (C=O) groups is 1. The third kappa shape index (κ3) is 2.66. The van der Waals surface area contributed by atoms with E-state index in [1.807, 2.05) is 35.2 Å². The zero-order chi connectivity index (χ0) is 14.1. The van der Waals surface area contributed by atoms with E-state index in [0.29, 0.717) is 17.9 Å². The van der Waals surface area contributed by atoms with Crippen molar-refractivity contribution in [1.29, 1.82) is 0 Å². The second kappa shape index (κ2) is 5.44. The number of amides is 2. The summed E-state index contributed by atoms with van der Waals surface area (Å²) in [4.78, 5) is 16.7. The van der Waals surface area contributed by atoms with E-state index < -0.39 is 0 Å². The fraction of sp³-hybridized carbons (Fsp3) is 0.562. The number of anilines is 1. The number of likely N-dealkylation sites (tertiary alicyclic amines) is 2. The molecule has 20 heavy (non-hydrogen) atoms. The molecule has 0 aromatic heterocycles. The zero-order valence-corrected chi connectivity index (χ0v) is 12.2. The topological polar surface area (TPSA) is 35.6 Å². The van der Waals surface area contributed by atoms with Crippen molar-refractivity contribution in [3.05, 3.63) is 30.3 Å². The fourth-order valence-electron chi connectivity index (χ4n) is 3.31. The molecule has 0 spiro atoms. The highest BCUT2D eigenvalue weighted by atomic mass is 16.2. The molecule has 0 bridgehead atoms. The van der Waals surface area contributed by atoms with Crippen molar-refractivity contribution in [2.75, 3.05) is 31.5 Å². The Balaban J connectivity index is 1.54. The van der Waals surface area contributed by atoms with Gasteiger partial charge in [-0.2, -0.15) is 0 Å². The van der Waals surface area contributed by atoms with Gasteiger partial charge in [0.15, 0.2) is 0 Å². The second-order valence-electron chi connectivity index (χ2n) is 6.38. The Morgan fingerprint density at radius 3 is 2.70 bits per heavy atom. The van der Waals surface area contributed by atoms with Gasteiger partial charge in [0.25, 0.3) is 0 Å². The van der Waals surface area contributed by atoms with Gasteiger partial charge in [0.05, 0.1) is 0 Å². The smallest absolute Gasteiger partial charge is 0.321 e. The lowest BCUT2D eigenvalue weighted by molar-refractivity contribution is 0.0403. The van der Waals surface area contributed by atoms with Crippen LogP contribution in [0.15, 0.2) is 30.3 Å². The van der Waals surface area contributed by atoms with E-state index in [4.69, 9.17) is 0 Å². The third-order valence-corrected chi connectivity index (χ3v) is 4.26. The summed E-state index contributed by atoms with van der Waals surface area (Å²) in [5, 5.41) is 2.98. The molecule has 2 aliphatic heterocycles. The summed E-state index contributed by atoms with van der Waals surface area (Å²) in [6, 6.07) is 10.3. The van der Waals surface area contributed by atoms with Gasteiger partial charge in [-0.3, -0.25) is 4.90 Å². The van der Waals surface area contributed by atoms with Crippen LogP contribution in [0.5, 0.6) is 0 Å². The van der Waals surface area contributed by atoms with Crippen LogP contribution in [-0.4, -0.2) is 48.1 Å². The van der Waals surface area contributed by atoms with Crippen molar-refractivity contribution in [1.82, 2.24) is 9.80 Å². The quantitative estimate of drug-likeness (QED) is 0.918. The van der Waals surface area contributed by atoms with Gasteiger partial charge in [-0.1, -0.05) is 32.0 Å². The summed E-state index contributed by atoms with van der Waals surface area (Å²) in [6.07, 6.45) is 0. The number of nitrogens with one attached hydrogen (secondary N) is 1. The zero-order valence-electron chi connectivity index (χ0n) is 12.2. The van der Waals surface area contributed by atoms with Gasteiger partial charge in [0.2, 0.25) is 0 Å². The molecular weight excluding hydrogens is 250 g/mol. The van der Waals surface area contributed by atoms with E-state index >= 15 is 0 Å². The highest BCUT2D eigenvalue weighted by Gasteiger charge is 2.46. The molecule has 4 heteroatoms. The first-order chi connectivity index (χ1) is 9.63. The standard InChI is InChI=1S/C16H23N3O/c1-12(2)8-18-9-13-10-19(11-15(13)18)16(20)17-14-6-4-3-5-7-14/h3-7,12-13,15H,8-11H2,1-2H3,(H,17,20)/t13-,15-/m0/s1. The summed E-state index contributed by atoms with van der Waals surface area (Å²) in [6.45, 7) is 8.57. The number of hydrogen-bond donors (Lipinski definition) is 1. The van der Waals surface area contributed by atoms with Crippen LogP contribution >= 0.6 is 0 Å². The highest BCUT2D eigenvalue weighted by Crippen LogP contribution is 2.33. The van der Waals surface area contributed by atoms with Gasteiger partial charge in [0, 0.05) is 43.8 Å². The molecule has 1 aromatic carbocycles. The van der Waals surface area contributed by atoms with Crippen LogP contribution in [0.3, 0.4) is 0 Å². The fourth-order valence-corrected chi connectivity index (χ4v) is 3.31. The number of rotatable bonds is 3. The maximum absolute atomic E-state index is 12.3. The molecule has 2 saturated heterocycles. The molecule has 3 rings (SSSR count). The van der Waals surface area contributed by atoms with Gasteiger partial charge in [-0.05, 0) is 18.1 Å². The lowest BCUT2D eigenvalue weighted by atomic mass is 9.91. The Kier molecular flexibility index (Phi) is 3.66. The number of nitrogens with zero attached hydrogens (tertiary/aromatic N) is 2. The molecule has 1 aromatic rings. The van der Waals surface area contributed by atoms with Crippen molar-refractivity contribution < 1.29 is 4.79 Å². The van der Waals surface area contributed by atoms with Gasteiger partial charge in [0.1, 0.15) is 0 Å². The number of benzene rings is 1. The number of hydrogen-bond acceptors (Lipinski definition) is 2. The minimum atomic E-state index is 0.0371. The largest absolute Gasteiger partial charge is 0.323 e. The maximum Gasteiger partial charge on any atom is 0.321 e. The predicted octanol–water partition coefficient (Wildman–Crippen LogP) is 2.49. The minimum Gasteiger partial charge on any atom is -0.323 e. The van der Waals surface area contributed by atoms with E-state index in [0.717, 1.165) is 31.9 Å². The Labute approximate surface area is 120 Å². The highest BCUT2D eigenvalue weighted by molar-refractivity contribution is 5.89. The first kappa shape index (κ1) is 13.4. The molecule has 2 amide bonds. The van der Waals surface area contributed by atoms with Crippen molar-refractivity contribution in [3.8, 4) is 0 Å². The van der Waals surface area contributed by atoms with Crippen LogP contribution in [0.25, 0.3) is 0 Å². The molecule has 4 nitrogen and oxygen atoms in total. The third-order valence-electron chi connectivity index (χ3n) is 4.26. The Bertz CT molecular complexity index is 474. The van der Waals surface area contributed by atoms with E-state index in [1.54, 1.807) is 0 Å². The molecule has 0 radical (unpaired) electrons. The number of fused-ring (bicyclic) bond motifs is 1. The molecule has 2 aliphatic rings. The van der Waals surface area contributed by atoms with Crippen LogP contribution in [0.4, 0.5) is 10.5 Å². The SMILES string of the molecule is CC(C)CN1C[C@H]2CN(C(=O)Nc3ccccc3)C[C@@H]21. The first-order valence-electron chi connectivity index (χ1n) is 7.48. The van der Waals surface area contributed by atoms with Crippen LogP contribution in [0.2, 0.25) is 0 Å². The van der Waals surface area contributed by atoms with Gasteiger partial charge in [-0.25, -0.2) is 4.79 Å². The van der Waals surface area contributed by atoms with Crippen molar-refractivity contribution in [3.63, 3.8) is 0 Å². The summed E-state index contributed by atoms with van der Waals surface area (Å²) in [7, 11) is 0. The van der Waals surface area contributed by atoms with E-state index in [1.165, 1.54) is 0 Å². The molecule has 2 atom stereocenters. The van der Waals surface area contributed by atoms with Crippen LogP contribution in [-0.2, 0) is 0 Å². The second-order valence-corrected chi connectivity index (χ2v) is 6.38. The monoisotopic (exact) mass is 273 g/mol. The van der Waals surface area contributed by atoms with Crippen molar-refractivity contribution in [2.45, 2.75) is 19.9 Å². The molecule has 0 unspecified atom stereocenters. The molecule has 1 N–H and O–H groups in total. The van der Waals surface area contributed by atoms with E-state index in [2.05, 4.69) is 24.1 Å². The summed E-state index contributed by atoms with van der Waals surface area (Å²) >= 11 is 0. The normalized spacial score (nSPS) is 25.4. The molecule has 2 fully saturated rings. The predicted molar refractivity (Wildman–Crippen MR) is 80.7 cm³/mol. The maximum atomic E-state index is 12.3. The van der Waals surface area contributed by atoms with Crippen molar-refractivity contribution >= 4 is 11.7 Å². The lowest BCUT2D eigenvalue weighted by Crippen LogP contribution is -2.56. The minimum absolute atomic E-state index is 0.0371. The van der Waals surface area contributed by atoms with Crippen molar-refractivity contribution in [2.24, 2.45) is 11.8 Å². The van der Waals surface area contributed by atoms with Crippen LogP contribution < -0.4 is 5.32 Å². The lowest BCUT2D eigenvalue weighted by Gasteiger charge is -2.44. The van der Waals surface area contributed by atoms with E-state index in [-0.39, 0.29) is 6.03 Å². The molecule has 2 heterocycles. The number of para-hydroxylation sites is 1. The first-order valence-corrected chi connectivity index (χ1v) is 7.48. The molecule has 0 aliphatic carbocycles. The molecular formula is C16H23N3O. The summed E-state index contributed by atoms with van der Waals surface area (Å²) in [5.41, 5.74) is 0.871. The van der Waals surface area contributed by atoms with Gasteiger partial charge < -0.3 is 10.2 Å². The van der Waals surface area contributed by atoms with Crippen LogP contribution in [0, 0.1) is 11.8 Å². The average molecular weight is 273 g/mol. The van der Waals surface area contributed by atoms with Crippen LogP contribution in [0.1, 0.15) is 13.8 Å². The van der Waals surface area contributed by atoms with Gasteiger partial charge >= 0.3 is 6.03 Å². The molecule has 108 valence electrons. The van der Waals surface area contributed by atoms with Gasteiger partial charge in [-0.15, -0.1) is 0 Å².